The second-order valence-electron chi connectivity index (χ2n) is 8.73. The van der Waals surface area contributed by atoms with Gasteiger partial charge in [-0.15, -0.1) is 0 Å². The van der Waals surface area contributed by atoms with Gasteiger partial charge in [-0.1, -0.05) is 18.2 Å². The quantitative estimate of drug-likeness (QED) is 0.802. The first-order valence-corrected chi connectivity index (χ1v) is 10.1. The summed E-state index contributed by atoms with van der Waals surface area (Å²) in [6, 6.07) is 7.17. The fraction of sp³-hybridized carbons (Fsp3) is 0.571. The molecule has 6 heteroatoms. The van der Waals surface area contributed by atoms with Gasteiger partial charge in [-0.2, -0.15) is 0 Å². The Kier molecular flexibility index (Phi) is 3.95. The molecule has 6 rings (SSSR count). The second kappa shape index (κ2) is 6.36. The summed E-state index contributed by atoms with van der Waals surface area (Å²) in [6.07, 6.45) is 6.40. The Bertz CT molecular complexity index is 762. The number of urea groups is 1. The van der Waals surface area contributed by atoms with Crippen LogP contribution in [0.4, 0.5) is 4.79 Å². The van der Waals surface area contributed by atoms with Crippen molar-refractivity contribution in [1.82, 2.24) is 15.5 Å². The van der Waals surface area contributed by atoms with E-state index >= 15 is 0 Å². The minimum Gasteiger partial charge on any atom is -0.349 e. The molecule has 27 heavy (non-hydrogen) atoms. The standard InChI is InChI=1S/C21H25N3O3/c25-18-10-22-21(27)24(18)11-14-3-1-2-4-17(14)20(26)23-19-15-6-12-5-13(8-15)9-16(19)7-12/h1-4,12-13,15-16,19H,5-11H2,(H,22,27)(H,23,26). The molecule has 142 valence electrons. The first kappa shape index (κ1) is 16.8. The van der Waals surface area contributed by atoms with Crippen LogP contribution in [0.3, 0.4) is 0 Å². The van der Waals surface area contributed by atoms with Crippen LogP contribution in [0, 0.1) is 23.7 Å². The first-order valence-electron chi connectivity index (χ1n) is 10.1. The van der Waals surface area contributed by atoms with Crippen molar-refractivity contribution < 1.29 is 14.4 Å². The molecule has 4 bridgehead atoms. The van der Waals surface area contributed by atoms with Crippen LogP contribution in [-0.2, 0) is 11.3 Å². The lowest BCUT2D eigenvalue weighted by atomic mass is 9.54. The van der Waals surface area contributed by atoms with Gasteiger partial charge in [0, 0.05) is 11.6 Å². The van der Waals surface area contributed by atoms with Crippen molar-refractivity contribution >= 4 is 17.8 Å². The van der Waals surface area contributed by atoms with E-state index in [0.29, 0.717) is 23.0 Å². The van der Waals surface area contributed by atoms with E-state index in [9.17, 15) is 14.4 Å². The lowest BCUT2D eigenvalue weighted by Crippen LogP contribution is -2.55. The van der Waals surface area contributed by atoms with Crippen LogP contribution in [-0.4, -0.2) is 35.3 Å². The summed E-state index contributed by atoms with van der Waals surface area (Å²) in [5.74, 6) is 2.64. The van der Waals surface area contributed by atoms with Crippen molar-refractivity contribution in [2.24, 2.45) is 23.7 Å². The fourth-order valence-corrected chi connectivity index (χ4v) is 6.06. The summed E-state index contributed by atoms with van der Waals surface area (Å²) < 4.78 is 0. The zero-order chi connectivity index (χ0) is 18.5. The molecular formula is C21H25N3O3. The van der Waals surface area contributed by atoms with Gasteiger partial charge < -0.3 is 10.6 Å². The maximum atomic E-state index is 13.1. The molecule has 1 aromatic carbocycles. The first-order chi connectivity index (χ1) is 13.1. The average molecular weight is 367 g/mol. The van der Waals surface area contributed by atoms with Crippen molar-refractivity contribution in [2.75, 3.05) is 6.54 Å². The molecular weight excluding hydrogens is 342 g/mol. The van der Waals surface area contributed by atoms with Crippen LogP contribution in [0.2, 0.25) is 0 Å². The zero-order valence-corrected chi connectivity index (χ0v) is 15.3. The molecule has 0 aromatic heterocycles. The van der Waals surface area contributed by atoms with Crippen LogP contribution in [0.25, 0.3) is 0 Å². The van der Waals surface area contributed by atoms with Gasteiger partial charge in [0.2, 0.25) is 5.91 Å². The summed E-state index contributed by atoms with van der Waals surface area (Å²) in [5.41, 5.74) is 1.28. The minimum absolute atomic E-state index is 0.0287. The number of nitrogens with zero attached hydrogens (tertiary/aromatic N) is 1. The van der Waals surface area contributed by atoms with Crippen LogP contribution in [0.15, 0.2) is 24.3 Å². The topological polar surface area (TPSA) is 78.5 Å². The minimum atomic E-state index is -0.392. The SMILES string of the molecule is O=C(NC1C2CC3CC(C2)CC1C3)c1ccccc1CN1C(=O)CNC1=O. The molecule has 4 amide bonds. The predicted molar refractivity (Wildman–Crippen MR) is 98.7 cm³/mol. The summed E-state index contributed by atoms with van der Waals surface area (Å²) in [6.45, 7) is 0.164. The number of rotatable bonds is 4. The van der Waals surface area contributed by atoms with Crippen LogP contribution < -0.4 is 10.6 Å². The second-order valence-corrected chi connectivity index (χ2v) is 8.73. The van der Waals surface area contributed by atoms with Crippen molar-refractivity contribution in [1.29, 1.82) is 0 Å². The van der Waals surface area contributed by atoms with Gasteiger partial charge in [-0.3, -0.25) is 14.5 Å². The molecule has 0 unspecified atom stereocenters. The molecule has 1 saturated heterocycles. The van der Waals surface area contributed by atoms with E-state index in [-0.39, 0.29) is 30.9 Å². The number of imide groups is 1. The van der Waals surface area contributed by atoms with Crippen molar-refractivity contribution in [3.05, 3.63) is 35.4 Å². The van der Waals surface area contributed by atoms with E-state index < -0.39 is 6.03 Å². The Balaban J connectivity index is 1.33. The number of nitrogens with one attached hydrogen (secondary N) is 2. The number of benzene rings is 1. The fourth-order valence-electron chi connectivity index (χ4n) is 6.06. The van der Waals surface area contributed by atoms with E-state index in [2.05, 4.69) is 10.6 Å². The number of hydrogen-bond acceptors (Lipinski definition) is 3. The monoisotopic (exact) mass is 367 g/mol. The van der Waals surface area contributed by atoms with E-state index in [1.807, 2.05) is 18.2 Å². The molecule has 4 saturated carbocycles. The van der Waals surface area contributed by atoms with Crippen molar-refractivity contribution in [3.63, 3.8) is 0 Å². The highest BCUT2D eigenvalue weighted by Gasteiger charge is 2.48. The number of amides is 4. The van der Waals surface area contributed by atoms with Crippen LogP contribution in [0.5, 0.6) is 0 Å². The summed E-state index contributed by atoms with van der Waals surface area (Å²) in [4.78, 5) is 38.0. The van der Waals surface area contributed by atoms with Crippen molar-refractivity contribution in [2.45, 2.75) is 44.7 Å². The van der Waals surface area contributed by atoms with Gasteiger partial charge in [-0.25, -0.2) is 4.79 Å². The molecule has 5 fully saturated rings. The number of hydrogen-bond donors (Lipinski definition) is 2. The molecule has 1 aliphatic heterocycles. The third kappa shape index (κ3) is 2.91. The molecule has 0 radical (unpaired) electrons. The third-order valence-electron chi connectivity index (χ3n) is 7.05. The maximum Gasteiger partial charge on any atom is 0.324 e. The van der Waals surface area contributed by atoms with E-state index in [0.717, 1.165) is 11.8 Å². The van der Waals surface area contributed by atoms with Crippen molar-refractivity contribution in [3.8, 4) is 0 Å². The molecule has 0 spiro atoms. The Hall–Kier alpha value is -2.37. The molecule has 2 N–H and O–H groups in total. The Labute approximate surface area is 158 Å². The Morgan fingerprint density at radius 1 is 1.04 bits per heavy atom. The van der Waals surface area contributed by atoms with Gasteiger partial charge in [0.1, 0.15) is 0 Å². The number of carbonyl (C=O) groups excluding carboxylic acids is 3. The normalized spacial score (nSPS) is 34.1. The average Bonchev–Trinajstić information content (AvgIpc) is 2.96. The van der Waals surface area contributed by atoms with Gasteiger partial charge in [0.05, 0.1) is 13.1 Å². The molecule has 1 heterocycles. The third-order valence-corrected chi connectivity index (χ3v) is 7.05. The van der Waals surface area contributed by atoms with Crippen LogP contribution >= 0.6 is 0 Å². The highest BCUT2D eigenvalue weighted by atomic mass is 16.2. The Morgan fingerprint density at radius 2 is 1.70 bits per heavy atom. The highest BCUT2D eigenvalue weighted by Crippen LogP contribution is 2.53. The number of carbonyl (C=O) groups is 3. The highest BCUT2D eigenvalue weighted by molar-refractivity contribution is 6.02. The van der Waals surface area contributed by atoms with Crippen LogP contribution in [0.1, 0.15) is 48.0 Å². The maximum absolute atomic E-state index is 13.1. The lowest BCUT2D eigenvalue weighted by Gasteiger charge is -2.54. The lowest BCUT2D eigenvalue weighted by molar-refractivity contribution is -0.125. The van der Waals surface area contributed by atoms with E-state index in [1.54, 1.807) is 6.07 Å². The van der Waals surface area contributed by atoms with E-state index in [4.69, 9.17) is 0 Å². The van der Waals surface area contributed by atoms with Gasteiger partial charge in [-0.05, 0) is 67.4 Å². The molecule has 4 aliphatic carbocycles. The predicted octanol–water partition coefficient (Wildman–Crippen LogP) is 2.29. The Morgan fingerprint density at radius 3 is 2.33 bits per heavy atom. The zero-order valence-electron chi connectivity index (χ0n) is 15.3. The van der Waals surface area contributed by atoms with Gasteiger partial charge in [0.15, 0.2) is 0 Å². The molecule has 1 aromatic rings. The van der Waals surface area contributed by atoms with Gasteiger partial charge in [0.25, 0.3) is 5.91 Å². The molecule has 5 aliphatic rings. The largest absolute Gasteiger partial charge is 0.349 e. The summed E-state index contributed by atoms with van der Waals surface area (Å²) in [7, 11) is 0. The molecule has 6 nitrogen and oxygen atoms in total. The van der Waals surface area contributed by atoms with Gasteiger partial charge >= 0.3 is 6.03 Å². The summed E-state index contributed by atoms with van der Waals surface area (Å²) in [5, 5.41) is 5.85. The van der Waals surface area contributed by atoms with E-state index in [1.165, 1.54) is 37.0 Å². The smallest absolute Gasteiger partial charge is 0.324 e. The molecule has 0 atom stereocenters. The summed E-state index contributed by atoms with van der Waals surface area (Å²) >= 11 is 0.